The molecule has 1 aliphatic heterocycles. The van der Waals surface area contributed by atoms with Crippen LogP contribution in [-0.4, -0.2) is 40.9 Å². The first kappa shape index (κ1) is 20.1. The lowest BCUT2D eigenvalue weighted by Gasteiger charge is -2.23. The lowest BCUT2D eigenvalue weighted by Crippen LogP contribution is -2.45. The Balaban J connectivity index is 1.78. The molecular weight excluding hydrogens is 348 g/mol. The molecule has 1 aromatic carbocycles. The lowest BCUT2D eigenvalue weighted by molar-refractivity contribution is -0.384. The summed E-state index contributed by atoms with van der Waals surface area (Å²) >= 11 is 0. The predicted molar refractivity (Wildman–Crippen MR) is 98.5 cm³/mol. The number of nitro benzene ring substituents is 1. The van der Waals surface area contributed by atoms with Gasteiger partial charge in [-0.05, 0) is 44.2 Å². The maximum atomic E-state index is 12.3. The summed E-state index contributed by atoms with van der Waals surface area (Å²) in [6, 6.07) is 7.27. The van der Waals surface area contributed by atoms with Crippen LogP contribution in [0.3, 0.4) is 0 Å². The first-order valence-electron chi connectivity index (χ1n) is 8.86. The number of hydrogen-bond donors (Lipinski definition) is 2. The van der Waals surface area contributed by atoms with Crippen LogP contribution in [0.1, 0.15) is 37.7 Å². The Labute approximate surface area is 157 Å². The molecule has 0 radical (unpaired) electrons. The van der Waals surface area contributed by atoms with E-state index in [0.29, 0.717) is 44.5 Å². The average Bonchev–Trinajstić information content (AvgIpc) is 3.15. The molecular formula is C18H22N6O3. The number of nitrogens with one attached hydrogen (secondary N) is 1. The predicted octanol–water partition coefficient (Wildman–Crippen LogP) is 1.89. The van der Waals surface area contributed by atoms with Crippen LogP contribution >= 0.6 is 0 Å². The van der Waals surface area contributed by atoms with Crippen molar-refractivity contribution in [3.63, 3.8) is 0 Å². The molecule has 3 N–H and O–H groups in total. The maximum Gasteiger partial charge on any atom is 0.293 e. The summed E-state index contributed by atoms with van der Waals surface area (Å²) in [7, 11) is 0. The van der Waals surface area contributed by atoms with Gasteiger partial charge in [0.05, 0.1) is 28.7 Å². The molecule has 2 rings (SSSR count). The van der Waals surface area contributed by atoms with E-state index in [1.165, 1.54) is 18.2 Å². The summed E-state index contributed by atoms with van der Waals surface area (Å²) in [4.78, 5) is 24.4. The van der Waals surface area contributed by atoms with Gasteiger partial charge in [0.15, 0.2) is 0 Å². The second-order valence-corrected chi connectivity index (χ2v) is 6.45. The van der Waals surface area contributed by atoms with Crippen molar-refractivity contribution < 1.29 is 9.72 Å². The summed E-state index contributed by atoms with van der Waals surface area (Å²) < 4.78 is 0. The second kappa shape index (κ2) is 9.51. The molecule has 0 saturated carbocycles. The smallest absolute Gasteiger partial charge is 0.293 e. The van der Waals surface area contributed by atoms with Crippen LogP contribution in [-0.2, 0) is 4.79 Å². The monoisotopic (exact) mass is 370 g/mol. The van der Waals surface area contributed by atoms with Crippen LogP contribution in [0.15, 0.2) is 18.2 Å². The highest BCUT2D eigenvalue weighted by Gasteiger charge is 2.31. The number of nitro groups is 1. The van der Waals surface area contributed by atoms with Gasteiger partial charge >= 0.3 is 0 Å². The van der Waals surface area contributed by atoms with Gasteiger partial charge in [-0.25, -0.2) is 0 Å². The summed E-state index contributed by atoms with van der Waals surface area (Å²) in [5.41, 5.74) is 6.41. The van der Waals surface area contributed by atoms with Gasteiger partial charge in [-0.15, -0.1) is 0 Å². The van der Waals surface area contributed by atoms with Crippen molar-refractivity contribution in [2.24, 2.45) is 5.73 Å². The fourth-order valence-electron chi connectivity index (χ4n) is 3.12. The van der Waals surface area contributed by atoms with E-state index in [1.54, 1.807) is 4.90 Å². The van der Waals surface area contributed by atoms with E-state index in [4.69, 9.17) is 16.3 Å². The molecule has 1 saturated heterocycles. The molecule has 9 nitrogen and oxygen atoms in total. The van der Waals surface area contributed by atoms with E-state index in [9.17, 15) is 14.9 Å². The molecule has 1 fully saturated rings. The van der Waals surface area contributed by atoms with Gasteiger partial charge in [-0.1, -0.05) is 0 Å². The summed E-state index contributed by atoms with van der Waals surface area (Å²) in [5, 5.41) is 32.0. The fraction of sp³-hybridized carbons (Fsp3) is 0.500. The van der Waals surface area contributed by atoms with Crippen LogP contribution in [0.4, 0.5) is 11.4 Å². The van der Waals surface area contributed by atoms with Crippen molar-refractivity contribution in [1.82, 2.24) is 4.90 Å². The molecule has 1 aliphatic rings. The molecule has 1 aromatic rings. The minimum absolute atomic E-state index is 0.141. The van der Waals surface area contributed by atoms with Crippen molar-refractivity contribution in [2.75, 3.05) is 18.4 Å². The normalized spacial score (nSPS) is 17.0. The zero-order valence-electron chi connectivity index (χ0n) is 14.9. The number of unbranched alkanes of at least 4 members (excludes halogenated alkanes) is 1. The van der Waals surface area contributed by atoms with E-state index in [2.05, 4.69) is 11.4 Å². The number of amides is 1. The Morgan fingerprint density at radius 1 is 1.44 bits per heavy atom. The van der Waals surface area contributed by atoms with Crippen LogP contribution < -0.4 is 11.1 Å². The largest absolute Gasteiger partial charge is 0.379 e. The number of nitrogens with zero attached hydrogens (tertiary/aromatic N) is 4. The summed E-state index contributed by atoms with van der Waals surface area (Å²) in [5.74, 6) is -0.185. The first-order valence-corrected chi connectivity index (χ1v) is 8.86. The molecule has 9 heteroatoms. The average molecular weight is 370 g/mol. The molecule has 2 atom stereocenters. The molecule has 0 spiro atoms. The van der Waals surface area contributed by atoms with Gasteiger partial charge in [0.2, 0.25) is 5.91 Å². The lowest BCUT2D eigenvalue weighted by atomic mass is 10.1. The van der Waals surface area contributed by atoms with Gasteiger partial charge in [-0.2, -0.15) is 10.5 Å². The van der Waals surface area contributed by atoms with E-state index < -0.39 is 11.0 Å². The third-order valence-electron chi connectivity index (χ3n) is 4.58. The zero-order chi connectivity index (χ0) is 19.8. The summed E-state index contributed by atoms with van der Waals surface area (Å²) in [6.07, 6.45) is 3.37. The van der Waals surface area contributed by atoms with Crippen LogP contribution in [0, 0.1) is 32.8 Å². The van der Waals surface area contributed by atoms with Crippen molar-refractivity contribution in [2.45, 2.75) is 44.2 Å². The molecule has 1 amide bonds. The molecule has 0 unspecified atom stereocenters. The topological polar surface area (TPSA) is 149 Å². The van der Waals surface area contributed by atoms with Crippen LogP contribution in [0.25, 0.3) is 0 Å². The van der Waals surface area contributed by atoms with E-state index >= 15 is 0 Å². The fourth-order valence-corrected chi connectivity index (χ4v) is 3.12. The number of anilines is 1. The molecule has 142 valence electrons. The van der Waals surface area contributed by atoms with Crippen molar-refractivity contribution in [1.29, 1.82) is 10.5 Å². The number of likely N-dealkylation sites (tertiary alicyclic amines) is 1. The second-order valence-electron chi connectivity index (χ2n) is 6.45. The highest BCUT2D eigenvalue weighted by molar-refractivity contribution is 5.82. The molecule has 0 aliphatic carbocycles. The Morgan fingerprint density at radius 2 is 2.22 bits per heavy atom. The van der Waals surface area contributed by atoms with E-state index in [-0.39, 0.29) is 23.2 Å². The number of carbonyl (C=O) groups is 1. The molecule has 0 aromatic heterocycles. The van der Waals surface area contributed by atoms with Gasteiger partial charge in [0, 0.05) is 19.2 Å². The summed E-state index contributed by atoms with van der Waals surface area (Å²) in [6.45, 7) is 1.06. The highest BCUT2D eigenvalue weighted by Crippen LogP contribution is 2.25. The number of nitriles is 2. The minimum Gasteiger partial charge on any atom is -0.379 e. The van der Waals surface area contributed by atoms with Crippen molar-refractivity contribution in [3.8, 4) is 12.1 Å². The Hall–Kier alpha value is -3.17. The Bertz CT molecular complexity index is 782. The standard InChI is InChI=1S/C18H22N6O3/c19-11-13-6-7-16(17(10-13)24(26)27)22-8-2-1-5-15(21)18(25)23-9-3-4-14(23)12-20/h6-7,10,14-15,22H,1-5,8-9,21H2/t14-,15-/m0/s1. The first-order chi connectivity index (χ1) is 13.0. The third kappa shape index (κ3) is 5.16. The van der Waals surface area contributed by atoms with Crippen LogP contribution in [0.2, 0.25) is 0 Å². The van der Waals surface area contributed by atoms with Crippen molar-refractivity contribution in [3.05, 3.63) is 33.9 Å². The van der Waals surface area contributed by atoms with Gasteiger partial charge < -0.3 is 16.0 Å². The van der Waals surface area contributed by atoms with Gasteiger partial charge in [0.1, 0.15) is 11.7 Å². The van der Waals surface area contributed by atoms with Crippen molar-refractivity contribution >= 4 is 17.3 Å². The highest BCUT2D eigenvalue weighted by atomic mass is 16.6. The Kier molecular flexibility index (Phi) is 7.09. The number of rotatable bonds is 8. The van der Waals surface area contributed by atoms with Crippen LogP contribution in [0.5, 0.6) is 0 Å². The van der Waals surface area contributed by atoms with Gasteiger partial charge in [0.25, 0.3) is 5.69 Å². The molecule has 27 heavy (non-hydrogen) atoms. The molecule has 1 heterocycles. The number of nitrogens with two attached hydrogens (primary N) is 1. The maximum absolute atomic E-state index is 12.3. The quantitative estimate of drug-likeness (QED) is 0.403. The Morgan fingerprint density at radius 3 is 2.89 bits per heavy atom. The minimum atomic E-state index is -0.636. The third-order valence-corrected chi connectivity index (χ3v) is 4.58. The van der Waals surface area contributed by atoms with E-state index in [1.807, 2.05) is 6.07 Å². The van der Waals surface area contributed by atoms with Gasteiger partial charge in [-0.3, -0.25) is 14.9 Å². The SMILES string of the molecule is N#Cc1ccc(NCCCC[C@H](N)C(=O)N2CCC[C@H]2C#N)c([N+](=O)[O-])c1. The van der Waals surface area contributed by atoms with E-state index in [0.717, 1.165) is 6.42 Å². The molecule has 0 bridgehead atoms. The number of benzene rings is 1. The zero-order valence-corrected chi connectivity index (χ0v) is 14.9. The number of carbonyl (C=O) groups excluding carboxylic acids is 1. The number of hydrogen-bond acceptors (Lipinski definition) is 7.